The zero-order valence-corrected chi connectivity index (χ0v) is 28.4. The number of carbonyl (C=O) groups excluding carboxylic acids is 4. The minimum atomic E-state index is -1.29. The second-order valence-electron chi connectivity index (χ2n) is 11.5. The first kappa shape index (κ1) is 40.3. The number of phenolic OH excluding ortho intramolecular Hbond substituents is 1. The number of aliphatic carboxylic acids is 1. The van der Waals surface area contributed by atoms with Gasteiger partial charge in [-0.3, -0.25) is 24.2 Å². The van der Waals surface area contributed by atoms with E-state index in [4.69, 9.17) is 17.2 Å². The Labute approximate surface area is 291 Å². The Kier molecular flexibility index (Phi) is 17.5. The molecule has 2 rings (SSSR count). The molecule has 49 heavy (non-hydrogen) atoms. The second kappa shape index (κ2) is 21.2. The van der Waals surface area contributed by atoms with Gasteiger partial charge in [0.25, 0.3) is 0 Å². The molecule has 0 spiro atoms. The average Bonchev–Trinajstić information content (AvgIpc) is 3.07. The molecule has 15 nitrogen and oxygen atoms in total. The third kappa shape index (κ3) is 14.9. The molecule has 0 aromatic heterocycles. The van der Waals surface area contributed by atoms with Crippen molar-refractivity contribution in [2.24, 2.45) is 22.2 Å². The largest absolute Gasteiger partial charge is 0.508 e. The number of hydrogen-bond donors (Lipinski definition) is 10. The third-order valence-electron chi connectivity index (χ3n) is 7.50. The van der Waals surface area contributed by atoms with E-state index in [-0.39, 0.29) is 49.7 Å². The summed E-state index contributed by atoms with van der Waals surface area (Å²) in [5.41, 5.74) is 17.8. The molecule has 2 aromatic rings. The van der Waals surface area contributed by atoms with Crippen molar-refractivity contribution in [2.75, 3.05) is 12.3 Å². The molecular formula is C33H48N8O7S. The number of carboxylic acids is 1. The smallest absolute Gasteiger partial charge is 0.326 e. The van der Waals surface area contributed by atoms with E-state index in [1.54, 1.807) is 42.5 Å². The summed E-state index contributed by atoms with van der Waals surface area (Å²) in [5.74, 6) is -4.06. The lowest BCUT2D eigenvalue weighted by Crippen LogP contribution is -2.59. The van der Waals surface area contributed by atoms with E-state index >= 15 is 0 Å². The predicted octanol–water partition coefficient (Wildman–Crippen LogP) is -0.298. The first-order valence-electron chi connectivity index (χ1n) is 16.0. The molecule has 2 aromatic carbocycles. The zero-order chi connectivity index (χ0) is 36.3. The van der Waals surface area contributed by atoms with Gasteiger partial charge in [-0.05, 0) is 42.5 Å². The van der Waals surface area contributed by atoms with Crippen LogP contribution in [-0.4, -0.2) is 88.3 Å². The minimum Gasteiger partial charge on any atom is -0.508 e. The van der Waals surface area contributed by atoms with Crippen LogP contribution < -0.4 is 38.5 Å². The van der Waals surface area contributed by atoms with Crippen LogP contribution in [0.2, 0.25) is 0 Å². The number of benzene rings is 2. The van der Waals surface area contributed by atoms with Gasteiger partial charge in [-0.1, -0.05) is 62.2 Å². The van der Waals surface area contributed by atoms with Crippen molar-refractivity contribution in [1.82, 2.24) is 21.3 Å². The van der Waals surface area contributed by atoms with Crippen LogP contribution in [0.5, 0.6) is 5.75 Å². The van der Waals surface area contributed by atoms with Gasteiger partial charge in [-0.2, -0.15) is 12.6 Å². The molecule has 4 amide bonds. The van der Waals surface area contributed by atoms with Gasteiger partial charge in [0.15, 0.2) is 5.96 Å². The van der Waals surface area contributed by atoms with Crippen molar-refractivity contribution < 1.29 is 34.2 Å². The number of amides is 4. The van der Waals surface area contributed by atoms with E-state index in [0.29, 0.717) is 30.4 Å². The maximum absolute atomic E-state index is 13.8. The van der Waals surface area contributed by atoms with Gasteiger partial charge in [0.05, 0.1) is 6.04 Å². The maximum atomic E-state index is 13.8. The van der Waals surface area contributed by atoms with Gasteiger partial charge in [-0.15, -0.1) is 0 Å². The highest BCUT2D eigenvalue weighted by Crippen LogP contribution is 2.13. The number of carboxylic acid groups (broad SMARTS) is 1. The summed E-state index contributed by atoms with van der Waals surface area (Å²) in [5, 5.41) is 30.1. The molecule has 12 N–H and O–H groups in total. The van der Waals surface area contributed by atoms with Crippen LogP contribution in [0.15, 0.2) is 59.6 Å². The van der Waals surface area contributed by atoms with Crippen LogP contribution >= 0.6 is 12.6 Å². The fraction of sp³-hybridized carbons (Fsp3) is 0.455. The van der Waals surface area contributed by atoms with E-state index < -0.39 is 59.8 Å². The highest BCUT2D eigenvalue weighted by Gasteiger charge is 2.32. The molecule has 0 radical (unpaired) electrons. The van der Waals surface area contributed by atoms with Gasteiger partial charge in [0.2, 0.25) is 23.6 Å². The summed E-state index contributed by atoms with van der Waals surface area (Å²) < 4.78 is 0. The van der Waals surface area contributed by atoms with Crippen molar-refractivity contribution >= 4 is 48.2 Å². The van der Waals surface area contributed by atoms with E-state index in [0.717, 1.165) is 0 Å². The molecule has 0 aliphatic rings. The van der Waals surface area contributed by atoms with Gasteiger partial charge < -0.3 is 48.7 Å². The molecule has 268 valence electrons. The molecule has 0 aliphatic heterocycles. The van der Waals surface area contributed by atoms with E-state index in [9.17, 15) is 34.2 Å². The van der Waals surface area contributed by atoms with Crippen LogP contribution in [0, 0.1) is 0 Å². The molecule has 0 bridgehead atoms. The first-order valence-corrected chi connectivity index (χ1v) is 16.7. The van der Waals surface area contributed by atoms with Crippen LogP contribution in [0.1, 0.15) is 50.2 Å². The highest BCUT2D eigenvalue weighted by atomic mass is 32.1. The molecule has 0 saturated carbocycles. The maximum Gasteiger partial charge on any atom is 0.326 e. The Morgan fingerprint density at radius 1 is 0.735 bits per heavy atom. The summed E-state index contributed by atoms with van der Waals surface area (Å²) >= 11 is 4.04. The van der Waals surface area contributed by atoms with E-state index in [2.05, 4.69) is 38.9 Å². The van der Waals surface area contributed by atoms with Crippen LogP contribution in [0.25, 0.3) is 0 Å². The summed E-state index contributed by atoms with van der Waals surface area (Å²) in [6, 6.07) is 9.03. The summed E-state index contributed by atoms with van der Waals surface area (Å²) in [6.07, 6.45) is 1.83. The fourth-order valence-corrected chi connectivity index (χ4v) is 4.92. The molecule has 0 fully saturated rings. The number of nitrogens with two attached hydrogens (primary N) is 3. The number of aliphatic imine (C=N–C) groups is 1. The number of hydrogen-bond acceptors (Lipinski definition) is 9. The lowest BCUT2D eigenvalue weighted by atomic mass is 10.0. The Hall–Kier alpha value is -4.83. The van der Waals surface area contributed by atoms with Crippen LogP contribution in [-0.2, 0) is 36.8 Å². The van der Waals surface area contributed by atoms with E-state index in [1.165, 1.54) is 12.1 Å². The van der Waals surface area contributed by atoms with Crippen molar-refractivity contribution in [3.63, 3.8) is 0 Å². The summed E-state index contributed by atoms with van der Waals surface area (Å²) in [6.45, 7) is 2.10. The van der Waals surface area contributed by atoms with Crippen LogP contribution in [0.4, 0.5) is 0 Å². The Morgan fingerprint density at radius 2 is 1.22 bits per heavy atom. The standard InChI is InChI=1S/C33H48N8O7S/c1-2-3-10-24(39-29(44)25(11-7-16-37-33(35)36)38-28(43)23(34)19-49)30(45)40-26(17-21-12-14-22(42)15-13-21)31(46)41-27(32(47)48)18-20-8-5-4-6-9-20/h4-6,8-9,12-15,23-27,42,49H,2-3,7,10-11,16-19,34H2,1H3,(H,38,43)(H,39,44)(H,40,45)(H,41,46)(H,47,48)(H4,35,36,37)/t23-,24-,25-,26-,27-/m0/s1. The molecule has 0 heterocycles. The number of nitrogens with one attached hydrogen (secondary N) is 4. The number of aromatic hydroxyl groups is 1. The van der Waals surface area contributed by atoms with Crippen molar-refractivity contribution in [3.05, 3.63) is 65.7 Å². The summed E-state index contributed by atoms with van der Waals surface area (Å²) in [4.78, 5) is 69.5. The molecular weight excluding hydrogens is 652 g/mol. The molecule has 0 saturated heterocycles. The number of rotatable bonds is 21. The lowest BCUT2D eigenvalue weighted by Gasteiger charge is -2.26. The Balaban J connectivity index is 2.31. The lowest BCUT2D eigenvalue weighted by molar-refractivity contribution is -0.142. The zero-order valence-electron chi connectivity index (χ0n) is 27.5. The normalized spacial score (nSPS) is 13.9. The predicted molar refractivity (Wildman–Crippen MR) is 189 cm³/mol. The third-order valence-corrected chi connectivity index (χ3v) is 7.89. The Morgan fingerprint density at radius 3 is 1.78 bits per heavy atom. The number of carbonyl (C=O) groups is 5. The topological polar surface area (TPSA) is 264 Å². The van der Waals surface area contributed by atoms with Crippen molar-refractivity contribution in [3.8, 4) is 5.75 Å². The second-order valence-corrected chi connectivity index (χ2v) is 11.9. The highest BCUT2D eigenvalue weighted by molar-refractivity contribution is 7.80. The number of thiol groups is 1. The summed E-state index contributed by atoms with van der Waals surface area (Å²) in [7, 11) is 0. The average molecular weight is 701 g/mol. The quantitative estimate of drug-likeness (QED) is 0.0352. The molecule has 0 unspecified atom stereocenters. The Bertz CT molecular complexity index is 1410. The van der Waals surface area contributed by atoms with Crippen LogP contribution in [0.3, 0.4) is 0 Å². The number of nitrogens with zero attached hydrogens (tertiary/aromatic N) is 1. The van der Waals surface area contributed by atoms with Crippen molar-refractivity contribution in [1.29, 1.82) is 0 Å². The molecule has 5 atom stereocenters. The van der Waals surface area contributed by atoms with Gasteiger partial charge in [-0.25, -0.2) is 4.79 Å². The molecule has 16 heteroatoms. The van der Waals surface area contributed by atoms with Crippen molar-refractivity contribution in [2.45, 2.75) is 82.1 Å². The monoisotopic (exact) mass is 700 g/mol. The van der Waals surface area contributed by atoms with Gasteiger partial charge in [0.1, 0.15) is 29.9 Å². The fourth-order valence-electron chi connectivity index (χ4n) is 4.75. The van der Waals surface area contributed by atoms with E-state index in [1.807, 2.05) is 6.92 Å². The number of guanidine groups is 1. The van der Waals surface area contributed by atoms with Gasteiger partial charge in [0, 0.05) is 25.1 Å². The molecule has 0 aliphatic carbocycles. The number of phenols is 1. The minimum absolute atomic E-state index is 0.000186. The van der Waals surface area contributed by atoms with Gasteiger partial charge >= 0.3 is 5.97 Å². The SMILES string of the molecule is CCCC[C@H](NC(=O)[C@H](CCCN=C(N)N)NC(=O)[C@@H](N)CS)C(=O)N[C@@H](Cc1ccc(O)cc1)C(=O)N[C@@H](Cc1ccccc1)C(=O)O. The number of unbranched alkanes of at least 4 members (excludes halogenated alkanes) is 1. The first-order chi connectivity index (χ1) is 23.3.